The number of aryl methyl sites for hydroxylation is 3. The lowest BCUT2D eigenvalue weighted by atomic mass is 10.0. The Labute approximate surface area is 109 Å². The summed E-state index contributed by atoms with van der Waals surface area (Å²) < 4.78 is 2.09. The van der Waals surface area contributed by atoms with Gasteiger partial charge in [-0.25, -0.2) is 9.67 Å². The molecule has 2 aromatic rings. The molecule has 0 saturated carbocycles. The van der Waals surface area contributed by atoms with Gasteiger partial charge in [0.15, 0.2) is 0 Å². The lowest BCUT2D eigenvalue weighted by Crippen LogP contribution is -2.07. The van der Waals surface area contributed by atoms with Crippen molar-refractivity contribution in [3.05, 3.63) is 47.0 Å². The van der Waals surface area contributed by atoms with Crippen molar-refractivity contribution >= 4 is 0 Å². The predicted molar refractivity (Wildman–Crippen MR) is 73.7 cm³/mol. The SMILES string of the molecule is CC.Cc1cccc(C2CCc3nc(C)nn32)c1. The third-order valence-electron chi connectivity index (χ3n) is 3.17. The van der Waals surface area contributed by atoms with E-state index in [2.05, 4.69) is 46.0 Å². The number of benzene rings is 1. The summed E-state index contributed by atoms with van der Waals surface area (Å²) in [6.07, 6.45) is 2.17. The number of nitrogens with zero attached hydrogens (tertiary/aromatic N) is 3. The molecule has 0 bridgehead atoms. The van der Waals surface area contributed by atoms with Crippen LogP contribution in [0.5, 0.6) is 0 Å². The average Bonchev–Trinajstić information content (AvgIpc) is 2.90. The van der Waals surface area contributed by atoms with Gasteiger partial charge in [0, 0.05) is 6.42 Å². The van der Waals surface area contributed by atoms with Crippen LogP contribution in [0.4, 0.5) is 0 Å². The molecule has 1 aromatic carbocycles. The van der Waals surface area contributed by atoms with Crippen LogP contribution in [-0.4, -0.2) is 14.8 Å². The molecule has 0 spiro atoms. The first-order chi connectivity index (χ1) is 8.74. The smallest absolute Gasteiger partial charge is 0.147 e. The first kappa shape index (κ1) is 12.8. The molecule has 3 nitrogen and oxygen atoms in total. The summed E-state index contributed by atoms with van der Waals surface area (Å²) in [5, 5.41) is 4.48. The number of fused-ring (bicyclic) bond motifs is 1. The molecule has 0 fully saturated rings. The maximum Gasteiger partial charge on any atom is 0.147 e. The minimum absolute atomic E-state index is 0.385. The van der Waals surface area contributed by atoms with Crippen LogP contribution >= 0.6 is 0 Å². The van der Waals surface area contributed by atoms with Crippen LogP contribution in [0.15, 0.2) is 24.3 Å². The van der Waals surface area contributed by atoms with Gasteiger partial charge in [0.25, 0.3) is 0 Å². The van der Waals surface area contributed by atoms with Crippen molar-refractivity contribution in [1.29, 1.82) is 0 Å². The lowest BCUT2D eigenvalue weighted by Gasteiger charge is -2.12. The van der Waals surface area contributed by atoms with Gasteiger partial charge in [-0.3, -0.25) is 0 Å². The third-order valence-corrected chi connectivity index (χ3v) is 3.17. The van der Waals surface area contributed by atoms with Crippen LogP contribution in [0, 0.1) is 13.8 Å². The molecular weight excluding hydrogens is 222 g/mol. The van der Waals surface area contributed by atoms with Crippen LogP contribution < -0.4 is 0 Å². The van der Waals surface area contributed by atoms with E-state index in [1.165, 1.54) is 11.1 Å². The van der Waals surface area contributed by atoms with Gasteiger partial charge in [0.05, 0.1) is 6.04 Å². The van der Waals surface area contributed by atoms with Gasteiger partial charge in [0.1, 0.15) is 11.6 Å². The van der Waals surface area contributed by atoms with Crippen LogP contribution in [0.1, 0.15) is 49.1 Å². The van der Waals surface area contributed by atoms with E-state index in [1.54, 1.807) is 0 Å². The molecule has 0 N–H and O–H groups in total. The molecule has 1 atom stereocenters. The molecule has 1 unspecified atom stereocenters. The minimum atomic E-state index is 0.385. The molecule has 96 valence electrons. The fourth-order valence-corrected chi connectivity index (χ4v) is 2.47. The fraction of sp³-hybridized carbons (Fsp3) is 0.467. The largest absolute Gasteiger partial charge is 0.242 e. The van der Waals surface area contributed by atoms with E-state index in [9.17, 15) is 0 Å². The van der Waals surface area contributed by atoms with Crippen LogP contribution in [0.2, 0.25) is 0 Å². The normalized spacial score (nSPS) is 17.0. The molecule has 3 heteroatoms. The lowest BCUT2D eigenvalue weighted by molar-refractivity contribution is 0.551. The van der Waals surface area contributed by atoms with E-state index in [1.807, 2.05) is 20.8 Å². The summed E-state index contributed by atoms with van der Waals surface area (Å²) in [6, 6.07) is 9.06. The molecule has 0 radical (unpaired) electrons. The zero-order valence-electron chi connectivity index (χ0n) is 11.6. The number of aromatic nitrogens is 3. The van der Waals surface area contributed by atoms with E-state index >= 15 is 0 Å². The zero-order valence-corrected chi connectivity index (χ0v) is 11.6. The summed E-state index contributed by atoms with van der Waals surface area (Å²) in [6.45, 7) is 8.09. The minimum Gasteiger partial charge on any atom is -0.242 e. The Bertz CT molecular complexity index is 528. The average molecular weight is 243 g/mol. The monoisotopic (exact) mass is 243 g/mol. The molecule has 18 heavy (non-hydrogen) atoms. The molecule has 1 aliphatic rings. The number of rotatable bonds is 1. The molecule has 2 heterocycles. The highest BCUT2D eigenvalue weighted by Gasteiger charge is 2.25. The van der Waals surface area contributed by atoms with Gasteiger partial charge >= 0.3 is 0 Å². The van der Waals surface area contributed by atoms with Crippen LogP contribution in [-0.2, 0) is 6.42 Å². The van der Waals surface area contributed by atoms with Crippen molar-refractivity contribution in [2.45, 2.75) is 46.6 Å². The first-order valence-electron chi connectivity index (χ1n) is 6.72. The Balaban J connectivity index is 0.000000574. The van der Waals surface area contributed by atoms with Gasteiger partial charge in [-0.2, -0.15) is 5.10 Å². The Morgan fingerprint density at radius 2 is 2.00 bits per heavy atom. The summed E-state index contributed by atoms with van der Waals surface area (Å²) in [5.74, 6) is 2.01. The van der Waals surface area contributed by atoms with Crippen molar-refractivity contribution < 1.29 is 0 Å². The number of hydrogen-bond donors (Lipinski definition) is 0. The summed E-state index contributed by atoms with van der Waals surface area (Å²) in [7, 11) is 0. The molecule has 3 rings (SSSR count). The van der Waals surface area contributed by atoms with Crippen LogP contribution in [0.3, 0.4) is 0 Å². The second-order valence-electron chi connectivity index (χ2n) is 4.49. The fourth-order valence-electron chi connectivity index (χ4n) is 2.47. The molecule has 1 aromatic heterocycles. The van der Waals surface area contributed by atoms with Crippen molar-refractivity contribution in [3.63, 3.8) is 0 Å². The quantitative estimate of drug-likeness (QED) is 0.768. The Kier molecular flexibility index (Phi) is 3.80. The third kappa shape index (κ3) is 2.30. The molecular formula is C15H21N3. The Hall–Kier alpha value is -1.64. The van der Waals surface area contributed by atoms with Gasteiger partial charge in [-0.15, -0.1) is 0 Å². The van der Waals surface area contributed by atoms with Crippen LogP contribution in [0.25, 0.3) is 0 Å². The maximum atomic E-state index is 4.48. The van der Waals surface area contributed by atoms with E-state index in [0.29, 0.717) is 6.04 Å². The van der Waals surface area contributed by atoms with E-state index in [4.69, 9.17) is 0 Å². The first-order valence-corrected chi connectivity index (χ1v) is 6.72. The Morgan fingerprint density at radius 1 is 1.22 bits per heavy atom. The summed E-state index contributed by atoms with van der Waals surface area (Å²) >= 11 is 0. The maximum absolute atomic E-state index is 4.48. The van der Waals surface area contributed by atoms with Crippen molar-refractivity contribution in [1.82, 2.24) is 14.8 Å². The molecule has 0 aliphatic carbocycles. The van der Waals surface area contributed by atoms with Crippen molar-refractivity contribution in [2.24, 2.45) is 0 Å². The number of hydrogen-bond acceptors (Lipinski definition) is 2. The van der Waals surface area contributed by atoms with E-state index < -0.39 is 0 Å². The zero-order chi connectivity index (χ0) is 13.1. The molecule has 1 aliphatic heterocycles. The Morgan fingerprint density at radius 3 is 2.72 bits per heavy atom. The van der Waals surface area contributed by atoms with Gasteiger partial charge in [0.2, 0.25) is 0 Å². The highest BCUT2D eigenvalue weighted by Crippen LogP contribution is 2.30. The highest BCUT2D eigenvalue weighted by atomic mass is 15.4. The predicted octanol–water partition coefficient (Wildman–Crippen LogP) is 3.46. The van der Waals surface area contributed by atoms with E-state index in [-0.39, 0.29) is 0 Å². The summed E-state index contributed by atoms with van der Waals surface area (Å²) in [4.78, 5) is 4.44. The van der Waals surface area contributed by atoms with E-state index in [0.717, 1.165) is 24.5 Å². The second-order valence-corrected chi connectivity index (χ2v) is 4.49. The second kappa shape index (κ2) is 5.34. The van der Waals surface area contributed by atoms with Gasteiger partial charge in [-0.05, 0) is 25.8 Å². The van der Waals surface area contributed by atoms with Crippen molar-refractivity contribution in [2.75, 3.05) is 0 Å². The van der Waals surface area contributed by atoms with Crippen molar-refractivity contribution in [3.8, 4) is 0 Å². The molecule has 0 amide bonds. The standard InChI is InChI=1S/C13H15N3.C2H6/c1-9-4-3-5-11(8-9)12-6-7-13-14-10(2)15-16(12)13;1-2/h3-5,8,12H,6-7H2,1-2H3;1-2H3. The van der Waals surface area contributed by atoms with Gasteiger partial charge in [-0.1, -0.05) is 43.7 Å². The van der Waals surface area contributed by atoms with Gasteiger partial charge < -0.3 is 0 Å². The highest BCUT2D eigenvalue weighted by molar-refractivity contribution is 5.27. The molecule has 0 saturated heterocycles. The summed E-state index contributed by atoms with van der Waals surface area (Å²) in [5.41, 5.74) is 2.66. The topological polar surface area (TPSA) is 30.7 Å².